The molecule has 0 aliphatic carbocycles. The molecule has 11 heteroatoms. The molecule has 10 nitrogen and oxygen atoms in total. The van der Waals surface area contributed by atoms with E-state index in [4.69, 9.17) is 14.0 Å². The third-order valence-electron chi connectivity index (χ3n) is 5.42. The first-order valence-corrected chi connectivity index (χ1v) is 11.9. The minimum absolute atomic E-state index is 0.0463. The van der Waals surface area contributed by atoms with Crippen LogP contribution >= 0.6 is 0 Å². The van der Waals surface area contributed by atoms with E-state index in [-0.39, 0.29) is 17.3 Å². The molecule has 2 aromatic heterocycles. The maximum atomic E-state index is 13.0. The lowest BCUT2D eigenvalue weighted by atomic mass is 10.00. The number of aromatic nitrogens is 3. The number of benzene rings is 1. The minimum atomic E-state index is -3.74. The number of ether oxygens (including phenoxy) is 2. The van der Waals surface area contributed by atoms with E-state index in [0.29, 0.717) is 36.5 Å². The number of rotatable bonds is 7. The quantitative estimate of drug-likeness (QED) is 0.477. The summed E-state index contributed by atoms with van der Waals surface area (Å²) in [4.78, 5) is 21.2. The van der Waals surface area contributed by atoms with E-state index < -0.39 is 28.0 Å². The van der Waals surface area contributed by atoms with E-state index in [9.17, 15) is 13.2 Å². The maximum absolute atomic E-state index is 13.0. The summed E-state index contributed by atoms with van der Waals surface area (Å²) in [7, 11) is -2.22. The van der Waals surface area contributed by atoms with Crippen LogP contribution in [0, 0.1) is 5.92 Å². The average molecular weight is 473 g/mol. The van der Waals surface area contributed by atoms with Gasteiger partial charge in [0.25, 0.3) is 5.89 Å². The molecule has 2 atom stereocenters. The number of hydrogen-bond acceptors (Lipinski definition) is 9. The predicted molar refractivity (Wildman–Crippen MR) is 117 cm³/mol. The van der Waals surface area contributed by atoms with Crippen molar-refractivity contribution < 1.29 is 27.2 Å². The molecular formula is C22H24N4O6S. The molecule has 1 saturated heterocycles. The van der Waals surface area contributed by atoms with Crippen LogP contribution in [0.3, 0.4) is 0 Å². The number of carbonyl (C=O) groups is 1. The van der Waals surface area contributed by atoms with Crippen molar-refractivity contribution >= 4 is 16.0 Å². The molecule has 1 fully saturated rings. The summed E-state index contributed by atoms with van der Waals surface area (Å²) >= 11 is 0. The Morgan fingerprint density at radius 3 is 2.73 bits per heavy atom. The van der Waals surface area contributed by atoms with Crippen LogP contribution in [0.5, 0.6) is 5.75 Å². The lowest BCUT2D eigenvalue weighted by molar-refractivity contribution is -0.156. The number of sulfonamides is 1. The number of piperidine rings is 1. The highest BCUT2D eigenvalue weighted by Gasteiger charge is 2.35. The summed E-state index contributed by atoms with van der Waals surface area (Å²) in [5.74, 6) is -0.0277. The van der Waals surface area contributed by atoms with Crippen LogP contribution < -0.4 is 4.74 Å². The summed E-state index contributed by atoms with van der Waals surface area (Å²) in [6.45, 7) is 2.02. The Labute approximate surface area is 191 Å². The van der Waals surface area contributed by atoms with Crippen LogP contribution in [0.2, 0.25) is 0 Å². The fourth-order valence-electron chi connectivity index (χ4n) is 3.58. The molecule has 174 valence electrons. The Kier molecular flexibility index (Phi) is 6.70. The van der Waals surface area contributed by atoms with E-state index in [2.05, 4.69) is 15.1 Å². The highest BCUT2D eigenvalue weighted by Crippen LogP contribution is 2.27. The van der Waals surface area contributed by atoms with Crippen molar-refractivity contribution in [1.82, 2.24) is 19.4 Å². The molecule has 0 N–H and O–H groups in total. The fraction of sp³-hybridized carbons (Fsp3) is 0.364. The Balaban J connectivity index is 1.41. The summed E-state index contributed by atoms with van der Waals surface area (Å²) in [5, 5.41) is 3.90. The highest BCUT2D eigenvalue weighted by molar-refractivity contribution is 7.89. The normalized spacial score (nSPS) is 17.9. The van der Waals surface area contributed by atoms with Gasteiger partial charge in [-0.15, -0.1) is 0 Å². The van der Waals surface area contributed by atoms with Gasteiger partial charge in [-0.05, 0) is 56.2 Å². The second-order valence-corrected chi connectivity index (χ2v) is 9.59. The van der Waals surface area contributed by atoms with Crippen molar-refractivity contribution in [2.24, 2.45) is 5.92 Å². The third kappa shape index (κ3) is 5.04. The number of nitrogens with zero attached hydrogens (tertiary/aromatic N) is 4. The second kappa shape index (κ2) is 9.67. The van der Waals surface area contributed by atoms with Gasteiger partial charge >= 0.3 is 5.97 Å². The van der Waals surface area contributed by atoms with Crippen molar-refractivity contribution in [3.05, 3.63) is 54.7 Å². The zero-order valence-electron chi connectivity index (χ0n) is 18.2. The van der Waals surface area contributed by atoms with Gasteiger partial charge < -0.3 is 14.0 Å². The Bertz CT molecular complexity index is 1200. The largest absolute Gasteiger partial charge is 0.497 e. The van der Waals surface area contributed by atoms with Crippen LogP contribution in [-0.4, -0.2) is 54.0 Å². The number of esters is 1. The molecular weight excluding hydrogens is 448 g/mol. The number of carbonyl (C=O) groups excluding carboxylic acids is 1. The summed E-state index contributed by atoms with van der Waals surface area (Å²) in [6.07, 6.45) is 3.55. The molecule has 0 spiro atoms. The maximum Gasteiger partial charge on any atom is 0.311 e. The van der Waals surface area contributed by atoms with Crippen molar-refractivity contribution in [2.75, 3.05) is 20.2 Å². The van der Waals surface area contributed by atoms with Crippen molar-refractivity contribution in [3.63, 3.8) is 0 Å². The minimum Gasteiger partial charge on any atom is -0.497 e. The van der Waals surface area contributed by atoms with Gasteiger partial charge in [-0.2, -0.15) is 9.29 Å². The van der Waals surface area contributed by atoms with Gasteiger partial charge in [0, 0.05) is 31.0 Å². The Morgan fingerprint density at radius 2 is 2.03 bits per heavy atom. The molecule has 1 aliphatic heterocycles. The van der Waals surface area contributed by atoms with Crippen molar-refractivity contribution in [1.29, 1.82) is 0 Å². The van der Waals surface area contributed by atoms with E-state index in [1.165, 1.54) is 23.5 Å². The molecule has 2 unspecified atom stereocenters. The molecule has 0 saturated carbocycles. The molecule has 0 bridgehead atoms. The molecule has 4 rings (SSSR count). The molecule has 33 heavy (non-hydrogen) atoms. The van der Waals surface area contributed by atoms with Crippen molar-refractivity contribution in [3.8, 4) is 17.1 Å². The molecule has 1 aliphatic rings. The van der Waals surface area contributed by atoms with Crippen LogP contribution in [0.4, 0.5) is 0 Å². The lowest BCUT2D eigenvalue weighted by Crippen LogP contribution is -2.42. The molecule has 3 aromatic rings. The fourth-order valence-corrected chi connectivity index (χ4v) is 5.11. The first-order chi connectivity index (χ1) is 15.9. The average Bonchev–Trinajstić information content (AvgIpc) is 3.35. The van der Waals surface area contributed by atoms with Gasteiger partial charge in [-0.25, -0.2) is 8.42 Å². The number of hydrogen-bond donors (Lipinski definition) is 0. The second-order valence-electron chi connectivity index (χ2n) is 7.65. The first-order valence-electron chi connectivity index (χ1n) is 10.5. The topological polar surface area (TPSA) is 125 Å². The van der Waals surface area contributed by atoms with Gasteiger partial charge in [0.05, 0.1) is 17.9 Å². The molecule has 0 amide bonds. The van der Waals surface area contributed by atoms with Gasteiger partial charge in [0.2, 0.25) is 15.8 Å². The van der Waals surface area contributed by atoms with Gasteiger partial charge in [-0.3, -0.25) is 9.78 Å². The standard InChI is InChI=1S/C22H24N4O6S/c1-15(21-24-20(25-32-21)16-5-3-11-23-13-16)31-22(27)17-6-4-12-26(14-17)33(28,29)19-9-7-18(30-2)8-10-19/h3,5,7-11,13,15,17H,4,6,12,14H2,1-2H3. The smallest absolute Gasteiger partial charge is 0.311 e. The van der Waals surface area contributed by atoms with E-state index in [1.54, 1.807) is 43.6 Å². The monoisotopic (exact) mass is 472 g/mol. The predicted octanol–water partition coefficient (Wildman–Crippen LogP) is 2.85. The SMILES string of the molecule is COc1ccc(S(=O)(=O)N2CCCC(C(=O)OC(C)c3nc(-c4cccnc4)no3)C2)cc1. The zero-order valence-corrected chi connectivity index (χ0v) is 19.1. The number of pyridine rings is 1. The van der Waals surface area contributed by atoms with Crippen LogP contribution in [0.15, 0.2) is 58.2 Å². The highest BCUT2D eigenvalue weighted by atomic mass is 32.2. The lowest BCUT2D eigenvalue weighted by Gasteiger charge is -2.31. The van der Waals surface area contributed by atoms with Gasteiger partial charge in [0.1, 0.15) is 5.75 Å². The summed E-state index contributed by atoms with van der Waals surface area (Å²) < 4.78 is 43.2. The van der Waals surface area contributed by atoms with E-state index in [1.807, 2.05) is 0 Å². The molecule has 1 aromatic carbocycles. The Morgan fingerprint density at radius 1 is 1.24 bits per heavy atom. The van der Waals surface area contributed by atoms with Gasteiger partial charge in [0.15, 0.2) is 6.10 Å². The number of methoxy groups -OCH3 is 1. The van der Waals surface area contributed by atoms with Gasteiger partial charge in [-0.1, -0.05) is 5.16 Å². The van der Waals surface area contributed by atoms with E-state index >= 15 is 0 Å². The first kappa shape index (κ1) is 22.9. The van der Waals surface area contributed by atoms with Crippen LogP contribution in [-0.2, 0) is 19.6 Å². The Hall–Kier alpha value is -3.31. The summed E-state index contributed by atoms with van der Waals surface area (Å²) in [6, 6.07) is 9.71. The van der Waals surface area contributed by atoms with E-state index in [0.717, 1.165) is 0 Å². The van der Waals surface area contributed by atoms with Crippen LogP contribution in [0.25, 0.3) is 11.4 Å². The van der Waals surface area contributed by atoms with Crippen molar-refractivity contribution in [2.45, 2.75) is 30.8 Å². The molecule has 0 radical (unpaired) electrons. The third-order valence-corrected chi connectivity index (χ3v) is 7.30. The molecule has 3 heterocycles. The van der Waals surface area contributed by atoms with Crippen LogP contribution in [0.1, 0.15) is 31.8 Å². The summed E-state index contributed by atoms with van der Waals surface area (Å²) in [5.41, 5.74) is 0.678. The zero-order chi connectivity index (χ0) is 23.4.